The highest BCUT2D eigenvalue weighted by Gasteiger charge is 2.35. The summed E-state index contributed by atoms with van der Waals surface area (Å²) in [7, 11) is 0. The molecule has 2 aromatic carbocycles. The van der Waals surface area contributed by atoms with Gasteiger partial charge in [0.25, 0.3) is 0 Å². The number of Topliss-reactive ketones (excluding diaryl/α,β-unsaturated/α-hetero) is 1. The third-order valence-corrected chi connectivity index (χ3v) is 7.70. The summed E-state index contributed by atoms with van der Waals surface area (Å²) < 4.78 is 18.6. The number of hydrogen-bond acceptors (Lipinski definition) is 6. The van der Waals surface area contributed by atoms with Gasteiger partial charge in [-0.05, 0) is 87.2 Å². The molecule has 41 heavy (non-hydrogen) atoms. The van der Waals surface area contributed by atoms with Gasteiger partial charge in [-0.25, -0.2) is 9.59 Å². The summed E-state index contributed by atoms with van der Waals surface area (Å²) in [6.45, 7) is 16.6. The Balaban J connectivity index is 1.89. The van der Waals surface area contributed by atoms with Crippen LogP contribution in [-0.2, 0) is 21.5 Å². The van der Waals surface area contributed by atoms with Crippen molar-refractivity contribution in [2.75, 3.05) is 13.2 Å². The molecular formula is C34H43NO6. The zero-order valence-electron chi connectivity index (χ0n) is 25.6. The van der Waals surface area contributed by atoms with Crippen molar-refractivity contribution in [2.45, 2.75) is 80.2 Å². The highest BCUT2D eigenvalue weighted by atomic mass is 16.5. The Morgan fingerprint density at radius 1 is 0.829 bits per heavy atom. The van der Waals surface area contributed by atoms with E-state index < -0.39 is 17.4 Å². The van der Waals surface area contributed by atoms with Gasteiger partial charge in [0.2, 0.25) is 0 Å². The van der Waals surface area contributed by atoms with Gasteiger partial charge in [0.1, 0.15) is 23.8 Å². The van der Waals surface area contributed by atoms with Crippen molar-refractivity contribution in [3.05, 3.63) is 82.7 Å². The fourth-order valence-corrected chi connectivity index (χ4v) is 5.07. The first-order valence-corrected chi connectivity index (χ1v) is 14.4. The lowest BCUT2D eigenvalue weighted by atomic mass is 9.72. The van der Waals surface area contributed by atoms with Gasteiger partial charge in [-0.1, -0.05) is 46.8 Å². The van der Waals surface area contributed by atoms with E-state index in [2.05, 4.69) is 26.0 Å². The smallest absolute Gasteiger partial charge is 0.360 e. The van der Waals surface area contributed by atoms with E-state index in [0.29, 0.717) is 35.9 Å². The number of nitrogens with zero attached hydrogens (tertiary/aromatic N) is 1. The average Bonchev–Trinajstić information content (AvgIpc) is 3.38. The molecule has 0 unspecified atom stereocenters. The lowest BCUT2D eigenvalue weighted by molar-refractivity contribution is -0.128. The normalized spacial score (nSPS) is 11.7. The number of aromatic nitrogens is 1. The summed E-state index contributed by atoms with van der Waals surface area (Å²) in [5, 5.41) is 0. The van der Waals surface area contributed by atoms with E-state index in [9.17, 15) is 14.4 Å². The number of benzene rings is 2. The third kappa shape index (κ3) is 6.89. The number of aryl methyl sites for hydroxylation is 1. The molecule has 7 heteroatoms. The maximum atomic E-state index is 13.3. The highest BCUT2D eigenvalue weighted by Crippen LogP contribution is 2.41. The molecular weight excluding hydrogens is 518 g/mol. The van der Waals surface area contributed by atoms with E-state index in [4.69, 9.17) is 14.2 Å². The fraction of sp³-hybridized carbons (Fsp3) is 0.441. The summed E-state index contributed by atoms with van der Waals surface area (Å²) in [6, 6.07) is 16.3. The van der Waals surface area contributed by atoms with Gasteiger partial charge in [0.05, 0.1) is 12.2 Å². The molecule has 0 bridgehead atoms. The standard InChI is InChI=1S/C34H43NO6/c1-9-34(10-2,25-15-19-28(23(5)21-25)40-22-30(36)33(6,7)8)29-20-18-27(35(29)11-3)32(38)41-26-16-13-24(14-17-26)31(37)39-12-4/h13-21H,9-12,22H2,1-8H3. The largest absolute Gasteiger partial charge is 0.486 e. The summed E-state index contributed by atoms with van der Waals surface area (Å²) in [5.41, 5.74) is 3.16. The van der Waals surface area contributed by atoms with Crippen molar-refractivity contribution in [1.29, 1.82) is 0 Å². The van der Waals surface area contributed by atoms with Gasteiger partial charge in [-0.3, -0.25) is 4.79 Å². The number of carbonyl (C=O) groups excluding carboxylic acids is 3. The van der Waals surface area contributed by atoms with Crippen molar-refractivity contribution < 1.29 is 28.6 Å². The molecule has 0 saturated heterocycles. The maximum absolute atomic E-state index is 13.3. The molecule has 3 rings (SSSR count). The van der Waals surface area contributed by atoms with E-state index >= 15 is 0 Å². The van der Waals surface area contributed by atoms with E-state index in [1.807, 2.05) is 57.4 Å². The van der Waals surface area contributed by atoms with Crippen LogP contribution < -0.4 is 9.47 Å². The molecule has 0 fully saturated rings. The molecule has 0 N–H and O–H groups in total. The van der Waals surface area contributed by atoms with Crippen molar-refractivity contribution in [3.63, 3.8) is 0 Å². The topological polar surface area (TPSA) is 83.8 Å². The van der Waals surface area contributed by atoms with Crippen LogP contribution in [0.1, 0.15) is 99.0 Å². The minimum atomic E-state index is -0.466. The molecule has 1 aromatic heterocycles. The van der Waals surface area contributed by atoms with Crippen LogP contribution in [0.3, 0.4) is 0 Å². The second-order valence-corrected chi connectivity index (χ2v) is 11.2. The monoisotopic (exact) mass is 561 g/mol. The van der Waals surface area contributed by atoms with Gasteiger partial charge >= 0.3 is 11.9 Å². The molecule has 0 aliphatic carbocycles. The number of ether oxygens (including phenoxy) is 3. The highest BCUT2D eigenvalue weighted by molar-refractivity contribution is 5.91. The molecule has 0 radical (unpaired) electrons. The first-order valence-electron chi connectivity index (χ1n) is 14.4. The third-order valence-electron chi connectivity index (χ3n) is 7.70. The van der Waals surface area contributed by atoms with Crippen molar-refractivity contribution in [1.82, 2.24) is 4.57 Å². The summed E-state index contributed by atoms with van der Waals surface area (Å²) >= 11 is 0. The maximum Gasteiger partial charge on any atom is 0.360 e. The summed E-state index contributed by atoms with van der Waals surface area (Å²) in [4.78, 5) is 37.6. The van der Waals surface area contributed by atoms with Crippen LogP contribution in [0.4, 0.5) is 0 Å². The quantitative estimate of drug-likeness (QED) is 0.170. The zero-order valence-corrected chi connectivity index (χ0v) is 25.6. The molecule has 3 aromatic rings. The van der Waals surface area contributed by atoms with Crippen molar-refractivity contribution >= 4 is 17.7 Å². The Kier molecular flexibility index (Phi) is 10.2. The van der Waals surface area contributed by atoms with Crippen molar-refractivity contribution in [2.24, 2.45) is 5.41 Å². The van der Waals surface area contributed by atoms with E-state index in [1.54, 1.807) is 31.2 Å². The van der Waals surface area contributed by atoms with Crippen LogP contribution >= 0.6 is 0 Å². The van der Waals surface area contributed by atoms with E-state index in [-0.39, 0.29) is 17.8 Å². The van der Waals surface area contributed by atoms with Crippen LogP contribution in [0, 0.1) is 12.3 Å². The fourth-order valence-electron chi connectivity index (χ4n) is 5.07. The molecule has 0 atom stereocenters. The van der Waals surface area contributed by atoms with Crippen LogP contribution in [0.2, 0.25) is 0 Å². The molecule has 0 aliphatic rings. The first-order chi connectivity index (χ1) is 19.4. The number of carbonyl (C=O) groups is 3. The Morgan fingerprint density at radius 2 is 1.49 bits per heavy atom. The van der Waals surface area contributed by atoms with Crippen LogP contribution in [-0.4, -0.2) is 35.5 Å². The van der Waals surface area contributed by atoms with Crippen LogP contribution in [0.25, 0.3) is 0 Å². The lowest BCUT2D eigenvalue weighted by Crippen LogP contribution is -2.30. The van der Waals surface area contributed by atoms with Gasteiger partial charge in [-0.2, -0.15) is 0 Å². The molecule has 0 spiro atoms. The Bertz CT molecular complexity index is 1370. The molecule has 0 amide bonds. The van der Waals surface area contributed by atoms with Crippen molar-refractivity contribution in [3.8, 4) is 11.5 Å². The Labute approximate surface area is 243 Å². The van der Waals surface area contributed by atoms with E-state index in [0.717, 1.165) is 29.7 Å². The zero-order chi connectivity index (χ0) is 30.4. The predicted molar refractivity (Wildman–Crippen MR) is 160 cm³/mol. The minimum Gasteiger partial charge on any atom is -0.486 e. The Hall–Kier alpha value is -3.87. The Morgan fingerprint density at radius 3 is 2.02 bits per heavy atom. The van der Waals surface area contributed by atoms with Crippen LogP contribution in [0.15, 0.2) is 54.6 Å². The predicted octanol–water partition coefficient (Wildman–Crippen LogP) is 7.31. The van der Waals surface area contributed by atoms with Gasteiger partial charge in [-0.15, -0.1) is 0 Å². The number of ketones is 1. The summed E-state index contributed by atoms with van der Waals surface area (Å²) in [6.07, 6.45) is 1.64. The molecule has 7 nitrogen and oxygen atoms in total. The number of hydrogen-bond donors (Lipinski definition) is 0. The molecule has 0 aliphatic heterocycles. The van der Waals surface area contributed by atoms with Gasteiger partial charge in [0.15, 0.2) is 5.78 Å². The van der Waals surface area contributed by atoms with Gasteiger partial charge in [0, 0.05) is 23.1 Å². The summed E-state index contributed by atoms with van der Waals surface area (Å²) in [5.74, 6) is 0.205. The molecule has 0 saturated carbocycles. The lowest BCUT2D eigenvalue weighted by Gasteiger charge is -2.34. The molecule has 1 heterocycles. The SMILES string of the molecule is CCOC(=O)c1ccc(OC(=O)c2ccc(C(CC)(CC)c3ccc(OCC(=O)C(C)(C)C)c(C)c3)n2CC)cc1. The average molecular weight is 562 g/mol. The number of rotatable bonds is 12. The second kappa shape index (κ2) is 13.2. The molecule has 220 valence electrons. The number of esters is 2. The minimum absolute atomic E-state index is 0.0338. The van der Waals surface area contributed by atoms with Gasteiger partial charge < -0.3 is 18.8 Å². The van der Waals surface area contributed by atoms with E-state index in [1.165, 1.54) is 0 Å². The second-order valence-electron chi connectivity index (χ2n) is 11.2. The van der Waals surface area contributed by atoms with Crippen LogP contribution in [0.5, 0.6) is 11.5 Å². The first kappa shape index (κ1) is 31.7.